The number of nitrogens with zero attached hydrogens (tertiary/aromatic N) is 1. The van der Waals surface area contributed by atoms with Gasteiger partial charge in [-0.2, -0.15) is 0 Å². The summed E-state index contributed by atoms with van der Waals surface area (Å²) in [5.74, 6) is -0.529. The molecule has 4 heteroatoms. The van der Waals surface area contributed by atoms with E-state index in [1.807, 2.05) is 13.0 Å². The SMILES string of the molecule is CC(NCCc1ccccc1F)c1ccc(F)cn1. The molecule has 2 rings (SSSR count). The molecule has 0 amide bonds. The molecule has 0 aliphatic carbocycles. The molecule has 2 nitrogen and oxygen atoms in total. The highest BCUT2D eigenvalue weighted by Crippen LogP contribution is 2.10. The van der Waals surface area contributed by atoms with E-state index in [-0.39, 0.29) is 17.7 Å². The molecule has 0 saturated heterocycles. The predicted octanol–water partition coefficient (Wildman–Crippen LogP) is 3.25. The van der Waals surface area contributed by atoms with Gasteiger partial charge in [0.1, 0.15) is 11.6 Å². The van der Waals surface area contributed by atoms with Crippen LogP contribution in [-0.4, -0.2) is 11.5 Å². The Morgan fingerprint density at radius 3 is 2.63 bits per heavy atom. The van der Waals surface area contributed by atoms with Crippen molar-refractivity contribution in [1.29, 1.82) is 0 Å². The number of benzene rings is 1. The monoisotopic (exact) mass is 262 g/mol. The van der Waals surface area contributed by atoms with Gasteiger partial charge in [0.15, 0.2) is 0 Å². The summed E-state index contributed by atoms with van der Waals surface area (Å²) >= 11 is 0. The highest BCUT2D eigenvalue weighted by molar-refractivity contribution is 5.17. The molecule has 0 spiro atoms. The normalized spacial score (nSPS) is 12.4. The number of halogens is 2. The van der Waals surface area contributed by atoms with Gasteiger partial charge >= 0.3 is 0 Å². The molecule has 1 aromatic carbocycles. The topological polar surface area (TPSA) is 24.9 Å². The third-order valence-electron chi connectivity index (χ3n) is 3.00. The fourth-order valence-corrected chi connectivity index (χ4v) is 1.87. The van der Waals surface area contributed by atoms with Crippen LogP contribution in [0, 0.1) is 11.6 Å². The molecule has 0 bridgehead atoms. The molecular weight excluding hydrogens is 246 g/mol. The number of nitrogens with one attached hydrogen (secondary N) is 1. The zero-order valence-electron chi connectivity index (χ0n) is 10.7. The Morgan fingerprint density at radius 1 is 1.16 bits per heavy atom. The third kappa shape index (κ3) is 3.83. The van der Waals surface area contributed by atoms with Crippen molar-refractivity contribution in [3.05, 3.63) is 65.5 Å². The van der Waals surface area contributed by atoms with E-state index in [0.717, 1.165) is 5.69 Å². The van der Waals surface area contributed by atoms with Crippen molar-refractivity contribution in [2.24, 2.45) is 0 Å². The van der Waals surface area contributed by atoms with E-state index in [0.29, 0.717) is 18.5 Å². The van der Waals surface area contributed by atoms with E-state index in [1.54, 1.807) is 18.2 Å². The maximum Gasteiger partial charge on any atom is 0.141 e. The zero-order valence-corrected chi connectivity index (χ0v) is 10.7. The third-order valence-corrected chi connectivity index (χ3v) is 3.00. The van der Waals surface area contributed by atoms with E-state index >= 15 is 0 Å². The average Bonchev–Trinajstić information content (AvgIpc) is 2.41. The van der Waals surface area contributed by atoms with Gasteiger partial charge in [-0.3, -0.25) is 4.98 Å². The number of hydrogen-bond acceptors (Lipinski definition) is 2. The zero-order chi connectivity index (χ0) is 13.7. The van der Waals surface area contributed by atoms with Gasteiger partial charge in [-0.25, -0.2) is 8.78 Å². The molecule has 2 aromatic rings. The van der Waals surface area contributed by atoms with Crippen LogP contribution in [0.1, 0.15) is 24.2 Å². The van der Waals surface area contributed by atoms with Crippen molar-refractivity contribution >= 4 is 0 Å². The fraction of sp³-hybridized carbons (Fsp3) is 0.267. The number of rotatable bonds is 5. The standard InChI is InChI=1S/C15H16F2N2/c1-11(15-7-6-13(16)10-19-15)18-9-8-12-4-2-3-5-14(12)17/h2-7,10-11,18H,8-9H2,1H3. The van der Waals surface area contributed by atoms with Crippen LogP contribution in [0.25, 0.3) is 0 Å². The maximum atomic E-state index is 13.4. The lowest BCUT2D eigenvalue weighted by Crippen LogP contribution is -2.22. The largest absolute Gasteiger partial charge is 0.309 e. The van der Waals surface area contributed by atoms with Crippen LogP contribution in [0.5, 0.6) is 0 Å². The first kappa shape index (κ1) is 13.6. The van der Waals surface area contributed by atoms with Gasteiger partial charge < -0.3 is 5.32 Å². The van der Waals surface area contributed by atoms with Crippen LogP contribution in [0.3, 0.4) is 0 Å². The van der Waals surface area contributed by atoms with E-state index in [9.17, 15) is 8.78 Å². The van der Waals surface area contributed by atoms with Gasteiger partial charge in [-0.1, -0.05) is 18.2 Å². The van der Waals surface area contributed by atoms with Gasteiger partial charge in [-0.15, -0.1) is 0 Å². The van der Waals surface area contributed by atoms with Crippen LogP contribution in [0.4, 0.5) is 8.78 Å². The molecule has 0 fully saturated rings. The highest BCUT2D eigenvalue weighted by atomic mass is 19.1. The molecule has 0 aliphatic rings. The Labute approximate surface area is 111 Å². The number of pyridine rings is 1. The Morgan fingerprint density at radius 2 is 1.95 bits per heavy atom. The predicted molar refractivity (Wildman–Crippen MR) is 70.7 cm³/mol. The summed E-state index contributed by atoms with van der Waals surface area (Å²) < 4.78 is 26.1. The lowest BCUT2D eigenvalue weighted by molar-refractivity contribution is 0.546. The molecule has 0 aliphatic heterocycles. The van der Waals surface area contributed by atoms with Crippen LogP contribution in [-0.2, 0) is 6.42 Å². The summed E-state index contributed by atoms with van der Waals surface area (Å²) in [5.41, 5.74) is 1.46. The summed E-state index contributed by atoms with van der Waals surface area (Å²) in [5, 5.41) is 3.24. The Balaban J connectivity index is 1.86. The Bertz CT molecular complexity index is 526. The Hall–Kier alpha value is -1.81. The quantitative estimate of drug-likeness (QED) is 0.894. The summed E-state index contributed by atoms with van der Waals surface area (Å²) in [6.07, 6.45) is 1.81. The lowest BCUT2D eigenvalue weighted by atomic mass is 10.1. The first-order valence-corrected chi connectivity index (χ1v) is 6.25. The molecule has 1 atom stereocenters. The van der Waals surface area contributed by atoms with E-state index in [2.05, 4.69) is 10.3 Å². The van der Waals surface area contributed by atoms with Crippen molar-refractivity contribution in [2.75, 3.05) is 6.54 Å². The molecule has 1 N–H and O–H groups in total. The van der Waals surface area contributed by atoms with E-state index in [1.165, 1.54) is 18.3 Å². The fourth-order valence-electron chi connectivity index (χ4n) is 1.87. The van der Waals surface area contributed by atoms with E-state index < -0.39 is 0 Å². The van der Waals surface area contributed by atoms with Gasteiger partial charge in [-0.05, 0) is 43.7 Å². The lowest BCUT2D eigenvalue weighted by Gasteiger charge is -2.13. The average molecular weight is 262 g/mol. The summed E-state index contributed by atoms with van der Waals surface area (Å²) in [6, 6.07) is 9.78. The second-order valence-corrected chi connectivity index (χ2v) is 4.42. The summed E-state index contributed by atoms with van der Waals surface area (Å²) in [6.45, 7) is 2.59. The van der Waals surface area contributed by atoms with E-state index in [4.69, 9.17) is 0 Å². The van der Waals surface area contributed by atoms with Gasteiger partial charge in [0.2, 0.25) is 0 Å². The van der Waals surface area contributed by atoms with Gasteiger partial charge in [0.25, 0.3) is 0 Å². The van der Waals surface area contributed by atoms with Crippen LogP contribution >= 0.6 is 0 Å². The molecule has 19 heavy (non-hydrogen) atoms. The molecular formula is C15H16F2N2. The first-order valence-electron chi connectivity index (χ1n) is 6.25. The van der Waals surface area contributed by atoms with Crippen molar-refractivity contribution in [3.8, 4) is 0 Å². The molecule has 0 saturated carbocycles. The highest BCUT2D eigenvalue weighted by Gasteiger charge is 2.07. The van der Waals surface area contributed by atoms with Gasteiger partial charge in [0.05, 0.1) is 11.9 Å². The van der Waals surface area contributed by atoms with Crippen LogP contribution < -0.4 is 5.32 Å². The second kappa shape index (κ2) is 6.38. The molecule has 1 unspecified atom stereocenters. The molecule has 1 heterocycles. The van der Waals surface area contributed by atoms with Crippen molar-refractivity contribution in [1.82, 2.24) is 10.3 Å². The Kier molecular flexibility index (Phi) is 4.58. The minimum atomic E-state index is -0.345. The summed E-state index contributed by atoms with van der Waals surface area (Å²) in [4.78, 5) is 4.01. The maximum absolute atomic E-state index is 13.4. The van der Waals surface area contributed by atoms with Crippen LogP contribution in [0.15, 0.2) is 42.6 Å². The molecule has 1 aromatic heterocycles. The first-order chi connectivity index (χ1) is 9.16. The molecule has 100 valence electrons. The van der Waals surface area contributed by atoms with Crippen molar-refractivity contribution in [2.45, 2.75) is 19.4 Å². The molecule has 0 radical (unpaired) electrons. The minimum absolute atomic E-state index is 0.00683. The van der Waals surface area contributed by atoms with Crippen LogP contribution in [0.2, 0.25) is 0 Å². The minimum Gasteiger partial charge on any atom is -0.309 e. The second-order valence-electron chi connectivity index (χ2n) is 4.42. The summed E-state index contributed by atoms with van der Waals surface area (Å²) in [7, 11) is 0. The number of aromatic nitrogens is 1. The number of hydrogen-bond donors (Lipinski definition) is 1. The van der Waals surface area contributed by atoms with Gasteiger partial charge in [0, 0.05) is 6.04 Å². The van der Waals surface area contributed by atoms with Crippen molar-refractivity contribution in [3.63, 3.8) is 0 Å². The van der Waals surface area contributed by atoms with Crippen molar-refractivity contribution < 1.29 is 8.78 Å². The smallest absolute Gasteiger partial charge is 0.141 e.